The Balaban J connectivity index is 1.61. The highest BCUT2D eigenvalue weighted by Gasteiger charge is 2.38. The second-order valence-electron chi connectivity index (χ2n) is 8.71. The van der Waals surface area contributed by atoms with E-state index in [1.54, 1.807) is 0 Å². The average molecular weight is 546 g/mol. The molecule has 2 N–H and O–H groups in total. The summed E-state index contributed by atoms with van der Waals surface area (Å²) in [6, 6.07) is 4.44. The number of hydrogen-bond acceptors (Lipinski definition) is 6. The fourth-order valence-corrected chi connectivity index (χ4v) is 4.14. The van der Waals surface area contributed by atoms with Gasteiger partial charge in [0, 0.05) is 49.0 Å². The van der Waals surface area contributed by atoms with Crippen LogP contribution in [0.15, 0.2) is 48.8 Å². The van der Waals surface area contributed by atoms with Crippen LogP contribution >= 0.6 is 0 Å². The number of ketones is 2. The number of carbonyl (C=O) groups is 4. The van der Waals surface area contributed by atoms with Crippen LogP contribution in [0.5, 0.6) is 0 Å². The molecular weight excluding hydrogens is 522 g/mol. The number of anilines is 2. The maximum Gasteiger partial charge on any atom is 0.454 e. The van der Waals surface area contributed by atoms with Crippen molar-refractivity contribution < 1.29 is 45.5 Å². The minimum atomic E-state index is -5.01. The van der Waals surface area contributed by atoms with Gasteiger partial charge in [0.05, 0.1) is 0 Å². The van der Waals surface area contributed by atoms with Gasteiger partial charge in [-0.3, -0.25) is 19.2 Å². The number of allylic oxidation sites excluding steroid dienone is 2. The minimum absolute atomic E-state index is 0.286. The fraction of sp³-hybridized carbons (Fsp3) is 0.417. The van der Waals surface area contributed by atoms with Gasteiger partial charge in [-0.15, -0.1) is 0 Å². The summed E-state index contributed by atoms with van der Waals surface area (Å²) in [7, 11) is 0. The van der Waals surface area contributed by atoms with Gasteiger partial charge in [-0.25, -0.2) is 0 Å². The summed E-state index contributed by atoms with van der Waals surface area (Å²) >= 11 is 0. The first kappa shape index (κ1) is 28.7. The van der Waals surface area contributed by atoms with E-state index in [1.807, 2.05) is 0 Å². The van der Waals surface area contributed by atoms with Gasteiger partial charge in [-0.2, -0.15) is 26.3 Å². The first-order valence-electron chi connectivity index (χ1n) is 11.6. The molecule has 2 heterocycles. The molecule has 0 saturated carbocycles. The zero-order chi connectivity index (χ0) is 28.1. The van der Waals surface area contributed by atoms with Crippen molar-refractivity contribution >= 4 is 34.8 Å². The Bertz CT molecular complexity index is 1050. The third kappa shape index (κ3) is 7.59. The molecule has 3 rings (SSSR count). The molecule has 2 aliphatic rings. The Morgan fingerprint density at radius 3 is 1.50 bits per heavy atom. The van der Waals surface area contributed by atoms with E-state index in [-0.39, 0.29) is 24.5 Å². The second-order valence-corrected chi connectivity index (χ2v) is 8.71. The van der Waals surface area contributed by atoms with E-state index in [1.165, 1.54) is 34.1 Å². The van der Waals surface area contributed by atoms with E-state index in [0.29, 0.717) is 37.8 Å². The van der Waals surface area contributed by atoms with Gasteiger partial charge >= 0.3 is 12.4 Å². The number of carbonyl (C=O) groups excluding carboxylic acids is 4. The number of alkyl halides is 6. The van der Waals surface area contributed by atoms with Crippen LogP contribution in [0.4, 0.5) is 37.7 Å². The van der Waals surface area contributed by atoms with Gasteiger partial charge in [0.15, 0.2) is 0 Å². The lowest BCUT2D eigenvalue weighted by molar-refractivity contribution is -0.165. The molecule has 2 fully saturated rings. The molecule has 2 saturated heterocycles. The summed E-state index contributed by atoms with van der Waals surface area (Å²) in [6.45, 7) is 0.577. The topological polar surface area (TPSA) is 98.8 Å². The van der Waals surface area contributed by atoms with Crippen LogP contribution in [-0.4, -0.2) is 70.7 Å². The lowest BCUT2D eigenvalue weighted by Crippen LogP contribution is -2.37. The highest BCUT2D eigenvalue weighted by molar-refractivity contribution is 5.98. The zero-order valence-corrected chi connectivity index (χ0v) is 19.8. The molecule has 0 spiro atoms. The van der Waals surface area contributed by atoms with Gasteiger partial charge in [0.25, 0.3) is 11.6 Å². The molecule has 0 aliphatic carbocycles. The van der Waals surface area contributed by atoms with E-state index in [0.717, 1.165) is 12.4 Å². The Labute approximate surface area is 213 Å². The summed E-state index contributed by atoms with van der Waals surface area (Å²) in [5.41, 5.74) is 0.572. The molecule has 14 heteroatoms. The highest BCUT2D eigenvalue weighted by Crippen LogP contribution is 2.24. The molecule has 2 atom stereocenters. The number of hydrogen-bond donors (Lipinski definition) is 2. The Morgan fingerprint density at radius 2 is 1.13 bits per heavy atom. The number of rotatable bonds is 8. The molecular formula is C24H24F6N4O4. The lowest BCUT2D eigenvalue weighted by Gasteiger charge is -2.23. The van der Waals surface area contributed by atoms with E-state index >= 15 is 0 Å². The summed E-state index contributed by atoms with van der Waals surface area (Å²) in [5, 5.41) is 5.26. The third-order valence-corrected chi connectivity index (χ3v) is 5.98. The Kier molecular flexibility index (Phi) is 8.84. The average Bonchev–Trinajstić information content (AvgIpc) is 3.49. The predicted octanol–water partition coefficient (Wildman–Crippen LogP) is 3.78. The monoisotopic (exact) mass is 546 g/mol. The summed E-state index contributed by atoms with van der Waals surface area (Å²) in [4.78, 5) is 50.4. The van der Waals surface area contributed by atoms with Gasteiger partial charge in [0.2, 0.25) is 11.8 Å². The van der Waals surface area contributed by atoms with E-state index in [9.17, 15) is 45.5 Å². The van der Waals surface area contributed by atoms with Gasteiger partial charge in [-0.05, 0) is 43.9 Å². The molecule has 0 radical (unpaired) electrons. The van der Waals surface area contributed by atoms with Crippen LogP contribution in [0.25, 0.3) is 0 Å². The fourth-order valence-electron chi connectivity index (χ4n) is 4.14. The summed E-state index contributed by atoms with van der Waals surface area (Å²) in [6.07, 6.45) is -5.59. The van der Waals surface area contributed by atoms with Gasteiger partial charge < -0.3 is 20.4 Å². The number of nitrogens with one attached hydrogen (secondary N) is 2. The highest BCUT2D eigenvalue weighted by atomic mass is 19.4. The summed E-state index contributed by atoms with van der Waals surface area (Å²) < 4.78 is 74.6. The molecule has 0 bridgehead atoms. The number of benzene rings is 1. The van der Waals surface area contributed by atoms with Crippen LogP contribution < -0.4 is 10.6 Å². The van der Waals surface area contributed by atoms with Crippen molar-refractivity contribution in [3.05, 3.63) is 48.8 Å². The number of halogens is 6. The molecule has 2 unspecified atom stereocenters. The van der Waals surface area contributed by atoms with Crippen molar-refractivity contribution in [2.24, 2.45) is 0 Å². The quantitative estimate of drug-likeness (QED) is 0.381. The van der Waals surface area contributed by atoms with Crippen LogP contribution in [0.3, 0.4) is 0 Å². The molecule has 206 valence electrons. The SMILES string of the molecule is O=C(Nc1cccc(NC(=O)C2CCCN2/C=C/C(=O)C(F)(F)F)c1)C1CCCN1/C=C/C(=O)C(F)(F)F. The second kappa shape index (κ2) is 11.7. The number of amides is 2. The molecule has 0 aromatic heterocycles. The number of likely N-dealkylation sites (tertiary alicyclic amines) is 2. The molecule has 1 aromatic rings. The summed E-state index contributed by atoms with van der Waals surface area (Å²) in [5.74, 6) is -5.10. The minimum Gasteiger partial charge on any atom is -0.365 e. The molecule has 38 heavy (non-hydrogen) atoms. The van der Waals surface area contributed by atoms with Crippen molar-refractivity contribution in [2.45, 2.75) is 50.1 Å². The molecule has 8 nitrogen and oxygen atoms in total. The van der Waals surface area contributed by atoms with E-state index in [2.05, 4.69) is 10.6 Å². The van der Waals surface area contributed by atoms with Crippen LogP contribution in [0.1, 0.15) is 25.7 Å². The maximum atomic E-state index is 12.7. The third-order valence-electron chi connectivity index (χ3n) is 5.98. The smallest absolute Gasteiger partial charge is 0.365 e. The molecule has 2 aliphatic heterocycles. The van der Waals surface area contributed by atoms with Crippen molar-refractivity contribution in [3.8, 4) is 0 Å². The maximum absolute atomic E-state index is 12.7. The van der Waals surface area contributed by atoms with E-state index in [4.69, 9.17) is 0 Å². The van der Waals surface area contributed by atoms with Crippen LogP contribution in [0, 0.1) is 0 Å². The van der Waals surface area contributed by atoms with Gasteiger partial charge in [-0.1, -0.05) is 6.07 Å². The normalized spacial score (nSPS) is 20.4. The van der Waals surface area contributed by atoms with Crippen molar-refractivity contribution in [1.29, 1.82) is 0 Å². The van der Waals surface area contributed by atoms with Crippen molar-refractivity contribution in [2.75, 3.05) is 23.7 Å². The predicted molar refractivity (Wildman–Crippen MR) is 124 cm³/mol. The lowest BCUT2D eigenvalue weighted by atomic mass is 10.2. The Morgan fingerprint density at radius 1 is 0.737 bits per heavy atom. The molecule has 2 amide bonds. The largest absolute Gasteiger partial charge is 0.454 e. The standard InChI is InChI=1S/C24H24F6N4O4/c25-23(26,27)19(35)8-12-33-10-2-6-17(33)21(37)31-15-4-1-5-16(14-15)32-22(38)18-7-3-11-34(18)13-9-20(36)24(28,29)30/h1,4-5,8-9,12-14,17-18H,2-3,6-7,10-11H2,(H,31,37)(H,32,38)/b12-8+,13-9+. The van der Waals surface area contributed by atoms with Gasteiger partial charge in [0.1, 0.15) is 12.1 Å². The zero-order valence-electron chi connectivity index (χ0n) is 19.8. The van der Waals surface area contributed by atoms with E-state index < -0.39 is 47.8 Å². The van der Waals surface area contributed by atoms with Crippen molar-refractivity contribution in [1.82, 2.24) is 9.80 Å². The van der Waals surface area contributed by atoms with Crippen molar-refractivity contribution in [3.63, 3.8) is 0 Å². The first-order chi connectivity index (χ1) is 17.8. The van der Waals surface area contributed by atoms with Crippen LogP contribution in [-0.2, 0) is 19.2 Å². The Hall–Kier alpha value is -3.84. The molecule has 1 aromatic carbocycles. The first-order valence-corrected chi connectivity index (χ1v) is 11.6. The number of nitrogens with zero attached hydrogens (tertiary/aromatic N) is 2. The van der Waals surface area contributed by atoms with Crippen LogP contribution in [0.2, 0.25) is 0 Å².